The molecule has 1 N–H and O–H groups in total. The molecule has 2 unspecified atom stereocenters. The van der Waals surface area contributed by atoms with E-state index >= 15 is 0 Å². The molecular weight excluding hydrogens is 336 g/mol. The van der Waals surface area contributed by atoms with Crippen LogP contribution in [0.15, 0.2) is 54.6 Å². The normalized spacial score (nSPS) is 26.4. The molecule has 2 aromatic rings. The van der Waals surface area contributed by atoms with Crippen molar-refractivity contribution < 1.29 is 9.47 Å². The van der Waals surface area contributed by atoms with Crippen LogP contribution >= 0.6 is 0 Å². The largest absolute Gasteiger partial charge is 0.493 e. The molecule has 0 saturated heterocycles. The lowest BCUT2D eigenvalue weighted by Gasteiger charge is -2.46. The van der Waals surface area contributed by atoms with Crippen molar-refractivity contribution in [3.8, 4) is 11.5 Å². The van der Waals surface area contributed by atoms with Crippen LogP contribution in [0.1, 0.15) is 35.1 Å². The minimum atomic E-state index is 0.135. The lowest BCUT2D eigenvalue weighted by molar-refractivity contribution is 0.213. The molecule has 0 bridgehead atoms. The second kappa shape index (κ2) is 7.37. The number of benzene rings is 2. The summed E-state index contributed by atoms with van der Waals surface area (Å²) in [6.45, 7) is 0. The van der Waals surface area contributed by atoms with Crippen LogP contribution < -0.4 is 14.8 Å². The zero-order valence-corrected chi connectivity index (χ0v) is 16.5. The maximum absolute atomic E-state index is 5.87. The highest BCUT2D eigenvalue weighted by Gasteiger charge is 2.42. The maximum Gasteiger partial charge on any atom is 0.164 e. The van der Waals surface area contributed by atoms with E-state index in [1.54, 1.807) is 14.2 Å². The van der Waals surface area contributed by atoms with Gasteiger partial charge >= 0.3 is 0 Å². The average Bonchev–Trinajstić information content (AvgIpc) is 2.72. The van der Waals surface area contributed by atoms with Gasteiger partial charge in [0, 0.05) is 23.6 Å². The number of nitrogens with one attached hydrogen (secondary N) is 1. The van der Waals surface area contributed by atoms with E-state index in [2.05, 4.69) is 72.9 Å². The Labute approximate surface area is 161 Å². The predicted molar refractivity (Wildman–Crippen MR) is 109 cm³/mol. The maximum atomic E-state index is 5.87. The van der Waals surface area contributed by atoms with Gasteiger partial charge in [0.2, 0.25) is 0 Å². The zero-order valence-electron chi connectivity index (χ0n) is 16.5. The van der Waals surface area contributed by atoms with Crippen molar-refractivity contribution in [2.45, 2.75) is 30.5 Å². The molecular formula is C23H28N2O2. The van der Waals surface area contributed by atoms with E-state index in [1.807, 2.05) is 6.07 Å². The molecule has 0 saturated carbocycles. The van der Waals surface area contributed by atoms with Crippen LogP contribution in [0.2, 0.25) is 0 Å². The van der Waals surface area contributed by atoms with E-state index in [0.717, 1.165) is 17.9 Å². The fraction of sp³-hybridized carbons (Fsp3) is 0.391. The van der Waals surface area contributed by atoms with E-state index in [0.29, 0.717) is 18.0 Å². The molecule has 0 radical (unpaired) electrons. The molecule has 2 aromatic carbocycles. The van der Waals surface area contributed by atoms with Gasteiger partial charge < -0.3 is 19.7 Å². The molecule has 4 rings (SSSR count). The van der Waals surface area contributed by atoms with Crippen molar-refractivity contribution in [1.29, 1.82) is 0 Å². The fourth-order valence-corrected chi connectivity index (χ4v) is 4.68. The van der Waals surface area contributed by atoms with E-state index in [1.165, 1.54) is 16.7 Å². The highest BCUT2D eigenvalue weighted by molar-refractivity contribution is 5.57. The third-order valence-electron chi connectivity index (χ3n) is 5.91. The van der Waals surface area contributed by atoms with Crippen LogP contribution in [0.3, 0.4) is 0 Å². The molecule has 4 atom stereocenters. The number of hydrogen-bond donors (Lipinski definition) is 1. The molecule has 142 valence electrons. The van der Waals surface area contributed by atoms with Crippen LogP contribution in [0.25, 0.3) is 0 Å². The summed E-state index contributed by atoms with van der Waals surface area (Å²) in [5, 5.41) is 3.96. The van der Waals surface area contributed by atoms with Crippen molar-refractivity contribution in [1.82, 2.24) is 10.2 Å². The Balaban J connectivity index is 1.91. The van der Waals surface area contributed by atoms with E-state index in [4.69, 9.17) is 9.47 Å². The molecule has 1 aliphatic heterocycles. The minimum absolute atomic E-state index is 0.135. The SMILES string of the molecule is COc1ccc2c(c1OC)[C@@H]1CC=C[C@H](N(C)C)C1NC2c1ccccc1. The molecule has 4 heteroatoms. The third kappa shape index (κ3) is 3.03. The van der Waals surface area contributed by atoms with Gasteiger partial charge in [-0.1, -0.05) is 48.6 Å². The monoisotopic (exact) mass is 364 g/mol. The molecule has 0 fully saturated rings. The van der Waals surface area contributed by atoms with Crippen LogP contribution in [-0.4, -0.2) is 45.3 Å². The van der Waals surface area contributed by atoms with E-state index in [-0.39, 0.29) is 6.04 Å². The van der Waals surface area contributed by atoms with Crippen molar-refractivity contribution in [3.63, 3.8) is 0 Å². The van der Waals surface area contributed by atoms with Gasteiger partial charge in [0.1, 0.15) is 0 Å². The third-order valence-corrected chi connectivity index (χ3v) is 5.91. The molecule has 0 amide bonds. The molecule has 2 aliphatic rings. The van der Waals surface area contributed by atoms with Crippen molar-refractivity contribution in [2.24, 2.45) is 0 Å². The Morgan fingerprint density at radius 3 is 2.44 bits per heavy atom. The first-order valence-electron chi connectivity index (χ1n) is 9.54. The minimum Gasteiger partial charge on any atom is -0.493 e. The van der Waals surface area contributed by atoms with Gasteiger partial charge in [-0.05, 0) is 37.7 Å². The van der Waals surface area contributed by atoms with Crippen LogP contribution in [0.5, 0.6) is 11.5 Å². The smallest absolute Gasteiger partial charge is 0.164 e. The van der Waals surface area contributed by atoms with Crippen molar-refractivity contribution in [3.05, 3.63) is 71.3 Å². The summed E-state index contributed by atoms with van der Waals surface area (Å²) in [5.74, 6) is 2.03. The first-order valence-corrected chi connectivity index (χ1v) is 9.54. The Morgan fingerprint density at radius 2 is 1.78 bits per heavy atom. The number of ether oxygens (including phenoxy) is 2. The molecule has 27 heavy (non-hydrogen) atoms. The lowest BCUT2D eigenvalue weighted by Crippen LogP contribution is -2.54. The standard InChI is InChI=1S/C23H28N2O2/c1-25(2)18-12-8-11-16-20-17(13-14-19(26-3)23(20)27-4)21(24-22(16)18)15-9-6-5-7-10-15/h5-10,12-14,16,18,21-22,24H,11H2,1-4H3/t16-,18-,21?,22?/m0/s1. The zero-order chi connectivity index (χ0) is 19.0. The summed E-state index contributed by atoms with van der Waals surface area (Å²) in [6, 6.07) is 15.7. The van der Waals surface area contributed by atoms with E-state index in [9.17, 15) is 0 Å². The summed E-state index contributed by atoms with van der Waals surface area (Å²) in [5.41, 5.74) is 3.84. The van der Waals surface area contributed by atoms with Gasteiger partial charge in [0.15, 0.2) is 11.5 Å². The van der Waals surface area contributed by atoms with Crippen LogP contribution in [0, 0.1) is 0 Å². The van der Waals surface area contributed by atoms with Gasteiger partial charge in [-0.15, -0.1) is 0 Å². The predicted octanol–water partition coefficient (Wildman–Crippen LogP) is 3.74. The summed E-state index contributed by atoms with van der Waals surface area (Å²) in [6.07, 6.45) is 5.63. The average molecular weight is 364 g/mol. The molecule has 1 heterocycles. The van der Waals surface area contributed by atoms with Crippen LogP contribution in [0.4, 0.5) is 0 Å². The molecule has 1 aliphatic carbocycles. The number of methoxy groups -OCH3 is 2. The molecule has 4 nitrogen and oxygen atoms in total. The Morgan fingerprint density at radius 1 is 1.00 bits per heavy atom. The van der Waals surface area contributed by atoms with Gasteiger partial charge in [0.05, 0.1) is 20.3 Å². The lowest BCUT2D eigenvalue weighted by atomic mass is 9.72. The number of likely N-dealkylation sites (N-methyl/N-ethyl adjacent to an activating group) is 1. The molecule has 0 spiro atoms. The quantitative estimate of drug-likeness (QED) is 0.838. The first kappa shape index (κ1) is 18.1. The topological polar surface area (TPSA) is 33.7 Å². The van der Waals surface area contributed by atoms with Gasteiger partial charge in [-0.25, -0.2) is 0 Å². The van der Waals surface area contributed by atoms with Gasteiger partial charge in [-0.3, -0.25) is 0 Å². The second-order valence-corrected chi connectivity index (χ2v) is 7.56. The summed E-state index contributed by atoms with van der Waals surface area (Å²) < 4.78 is 11.5. The fourth-order valence-electron chi connectivity index (χ4n) is 4.68. The number of nitrogens with zero attached hydrogens (tertiary/aromatic N) is 1. The Bertz CT molecular complexity index is 832. The second-order valence-electron chi connectivity index (χ2n) is 7.56. The Hall–Kier alpha value is -2.30. The number of rotatable bonds is 4. The number of fused-ring (bicyclic) bond motifs is 3. The van der Waals surface area contributed by atoms with Crippen LogP contribution in [-0.2, 0) is 0 Å². The van der Waals surface area contributed by atoms with Gasteiger partial charge in [0.25, 0.3) is 0 Å². The highest BCUT2D eigenvalue weighted by Crippen LogP contribution is 2.49. The summed E-state index contributed by atoms with van der Waals surface area (Å²) in [7, 11) is 7.75. The van der Waals surface area contributed by atoms with Crippen molar-refractivity contribution >= 4 is 0 Å². The van der Waals surface area contributed by atoms with Crippen molar-refractivity contribution in [2.75, 3.05) is 28.3 Å². The van der Waals surface area contributed by atoms with E-state index < -0.39 is 0 Å². The summed E-state index contributed by atoms with van der Waals surface area (Å²) >= 11 is 0. The Kier molecular flexibility index (Phi) is 4.94. The molecule has 0 aromatic heterocycles. The number of hydrogen-bond acceptors (Lipinski definition) is 4. The highest BCUT2D eigenvalue weighted by atomic mass is 16.5. The number of allylic oxidation sites excluding steroid dienone is 1. The summed E-state index contributed by atoms with van der Waals surface area (Å²) in [4.78, 5) is 2.29. The first-order chi connectivity index (χ1) is 13.2. The van der Waals surface area contributed by atoms with Gasteiger partial charge in [-0.2, -0.15) is 0 Å².